The average Bonchev–Trinajstić information content (AvgIpc) is 2.80. The number of hydrogen-bond acceptors (Lipinski definition) is 5. The lowest BCUT2D eigenvalue weighted by Crippen LogP contribution is -2.28. The van der Waals surface area contributed by atoms with E-state index in [1.807, 2.05) is 13.0 Å². The van der Waals surface area contributed by atoms with Gasteiger partial charge in [0.25, 0.3) is 0 Å². The lowest BCUT2D eigenvalue weighted by atomic mass is 10.4. The molecule has 1 aliphatic heterocycles. The highest BCUT2D eigenvalue weighted by molar-refractivity contribution is 5.72. The molecule has 1 N–H and O–H groups in total. The van der Waals surface area contributed by atoms with Gasteiger partial charge in [0.1, 0.15) is 12.4 Å². The first kappa shape index (κ1) is 12.6. The Labute approximate surface area is 106 Å². The largest absolute Gasteiger partial charge is 0.480 e. The van der Waals surface area contributed by atoms with E-state index in [2.05, 4.69) is 14.9 Å². The number of likely N-dealkylation sites (N-methyl/N-ethyl adjacent to an activating group) is 1. The molecule has 1 aromatic rings. The molecule has 6 nitrogen and oxygen atoms in total. The lowest BCUT2D eigenvalue weighted by Gasteiger charge is -2.20. The van der Waals surface area contributed by atoms with Crippen molar-refractivity contribution in [1.29, 1.82) is 0 Å². The first-order chi connectivity index (χ1) is 8.56. The van der Waals surface area contributed by atoms with Gasteiger partial charge in [-0.2, -0.15) is 4.98 Å². The molecule has 0 bridgehead atoms. The smallest absolute Gasteiger partial charge is 0.323 e. The maximum absolute atomic E-state index is 10.7. The van der Waals surface area contributed by atoms with Crippen LogP contribution in [-0.4, -0.2) is 47.7 Å². The van der Waals surface area contributed by atoms with Gasteiger partial charge in [-0.1, -0.05) is 0 Å². The molecule has 2 heterocycles. The van der Waals surface area contributed by atoms with Crippen LogP contribution in [0.15, 0.2) is 6.07 Å². The second-order valence-electron chi connectivity index (χ2n) is 4.61. The number of aryl methyl sites for hydroxylation is 1. The van der Waals surface area contributed by atoms with Crippen LogP contribution in [0.25, 0.3) is 0 Å². The predicted octanol–water partition coefficient (Wildman–Crippen LogP) is 0.906. The summed E-state index contributed by atoms with van der Waals surface area (Å²) in [5, 5.41) is 8.79. The van der Waals surface area contributed by atoms with Crippen molar-refractivity contribution >= 4 is 17.7 Å². The van der Waals surface area contributed by atoms with Gasteiger partial charge in [-0.05, 0) is 19.8 Å². The number of hydrogen-bond donors (Lipinski definition) is 1. The Bertz CT molecular complexity index is 444. The van der Waals surface area contributed by atoms with Gasteiger partial charge >= 0.3 is 5.97 Å². The number of rotatable bonds is 4. The Morgan fingerprint density at radius 1 is 1.44 bits per heavy atom. The molecule has 1 aliphatic rings. The van der Waals surface area contributed by atoms with Crippen molar-refractivity contribution in [3.63, 3.8) is 0 Å². The monoisotopic (exact) mass is 250 g/mol. The molecule has 98 valence electrons. The van der Waals surface area contributed by atoms with E-state index >= 15 is 0 Å². The Kier molecular flexibility index (Phi) is 3.64. The van der Waals surface area contributed by atoms with E-state index in [-0.39, 0.29) is 6.54 Å². The molecule has 0 aliphatic carbocycles. The predicted molar refractivity (Wildman–Crippen MR) is 69.1 cm³/mol. The van der Waals surface area contributed by atoms with Gasteiger partial charge in [-0.3, -0.25) is 4.79 Å². The minimum atomic E-state index is -0.884. The van der Waals surface area contributed by atoms with Gasteiger partial charge in [0, 0.05) is 31.9 Å². The van der Waals surface area contributed by atoms with E-state index in [1.165, 1.54) is 12.8 Å². The van der Waals surface area contributed by atoms with E-state index < -0.39 is 5.97 Å². The second kappa shape index (κ2) is 5.20. The Morgan fingerprint density at radius 3 is 2.72 bits per heavy atom. The van der Waals surface area contributed by atoms with Crippen molar-refractivity contribution in [3.8, 4) is 0 Å². The van der Waals surface area contributed by atoms with Gasteiger partial charge in [-0.15, -0.1) is 0 Å². The molecule has 1 aromatic heterocycles. The summed E-state index contributed by atoms with van der Waals surface area (Å²) in [6, 6.07) is 1.95. The lowest BCUT2D eigenvalue weighted by molar-refractivity contribution is -0.135. The normalized spacial score (nSPS) is 14.9. The highest BCUT2D eigenvalue weighted by atomic mass is 16.4. The molecular formula is C12H18N4O2. The Morgan fingerprint density at radius 2 is 2.11 bits per heavy atom. The van der Waals surface area contributed by atoms with E-state index in [9.17, 15) is 4.79 Å². The number of aromatic nitrogens is 2. The molecular weight excluding hydrogens is 232 g/mol. The first-order valence-corrected chi connectivity index (χ1v) is 6.10. The number of anilines is 2. The van der Waals surface area contributed by atoms with Crippen LogP contribution in [-0.2, 0) is 4.79 Å². The topological polar surface area (TPSA) is 69.6 Å². The summed E-state index contributed by atoms with van der Waals surface area (Å²) in [6.07, 6.45) is 2.37. The van der Waals surface area contributed by atoms with Crippen LogP contribution < -0.4 is 9.80 Å². The van der Waals surface area contributed by atoms with Crippen LogP contribution in [0.4, 0.5) is 11.8 Å². The van der Waals surface area contributed by atoms with Crippen molar-refractivity contribution < 1.29 is 9.90 Å². The molecule has 0 radical (unpaired) electrons. The van der Waals surface area contributed by atoms with Gasteiger partial charge in [-0.25, -0.2) is 4.98 Å². The average molecular weight is 250 g/mol. The maximum Gasteiger partial charge on any atom is 0.323 e. The molecule has 0 unspecified atom stereocenters. The fraction of sp³-hybridized carbons (Fsp3) is 0.583. The summed E-state index contributed by atoms with van der Waals surface area (Å²) in [5.74, 6) is 0.483. The molecule has 0 spiro atoms. The van der Waals surface area contributed by atoms with Gasteiger partial charge in [0.2, 0.25) is 5.95 Å². The molecule has 0 saturated carbocycles. The summed E-state index contributed by atoms with van der Waals surface area (Å²) >= 11 is 0. The van der Waals surface area contributed by atoms with Crippen molar-refractivity contribution in [2.24, 2.45) is 0 Å². The molecule has 6 heteroatoms. The summed E-state index contributed by atoms with van der Waals surface area (Å²) in [5.41, 5.74) is 0.860. The number of carbonyl (C=O) groups is 1. The third-order valence-corrected chi connectivity index (χ3v) is 2.97. The van der Waals surface area contributed by atoms with E-state index in [1.54, 1.807) is 11.9 Å². The molecule has 2 rings (SSSR count). The minimum Gasteiger partial charge on any atom is -0.480 e. The number of nitrogens with zero attached hydrogens (tertiary/aromatic N) is 4. The highest BCUT2D eigenvalue weighted by Gasteiger charge is 2.16. The molecule has 0 amide bonds. The minimum absolute atomic E-state index is 0.0944. The summed E-state index contributed by atoms with van der Waals surface area (Å²) < 4.78 is 0. The fourth-order valence-corrected chi connectivity index (χ4v) is 2.09. The Hall–Kier alpha value is -1.85. The maximum atomic E-state index is 10.7. The van der Waals surface area contributed by atoms with Crippen molar-refractivity contribution in [1.82, 2.24) is 9.97 Å². The van der Waals surface area contributed by atoms with Crippen LogP contribution in [0.1, 0.15) is 18.5 Å². The first-order valence-electron chi connectivity index (χ1n) is 6.10. The molecule has 1 fully saturated rings. The third kappa shape index (κ3) is 2.88. The summed E-state index contributed by atoms with van der Waals surface area (Å²) in [7, 11) is 1.69. The fourth-order valence-electron chi connectivity index (χ4n) is 2.09. The zero-order chi connectivity index (χ0) is 13.1. The van der Waals surface area contributed by atoms with E-state index in [4.69, 9.17) is 5.11 Å². The summed E-state index contributed by atoms with van der Waals surface area (Å²) in [6.45, 7) is 3.83. The van der Waals surface area contributed by atoms with Gasteiger partial charge in [0.05, 0.1) is 0 Å². The van der Waals surface area contributed by atoms with Crippen molar-refractivity contribution in [2.75, 3.05) is 36.5 Å². The number of aliphatic carboxylic acids is 1. The quantitative estimate of drug-likeness (QED) is 0.856. The molecule has 18 heavy (non-hydrogen) atoms. The molecule has 0 aromatic carbocycles. The van der Waals surface area contributed by atoms with Crippen LogP contribution in [0.5, 0.6) is 0 Å². The van der Waals surface area contributed by atoms with Crippen LogP contribution >= 0.6 is 0 Å². The van der Waals surface area contributed by atoms with Crippen molar-refractivity contribution in [2.45, 2.75) is 19.8 Å². The standard InChI is InChI=1S/C12H18N4O2/c1-9-7-10(16-5-3-4-6-16)14-12(13-9)15(2)8-11(17)18/h7H,3-6,8H2,1-2H3,(H,17,18). The van der Waals surface area contributed by atoms with E-state index in [0.717, 1.165) is 24.6 Å². The molecule has 1 saturated heterocycles. The number of carboxylic acid groups (broad SMARTS) is 1. The van der Waals surface area contributed by atoms with Crippen molar-refractivity contribution in [3.05, 3.63) is 11.8 Å². The zero-order valence-corrected chi connectivity index (χ0v) is 10.8. The third-order valence-electron chi connectivity index (χ3n) is 2.97. The van der Waals surface area contributed by atoms with Crippen LogP contribution in [0.2, 0.25) is 0 Å². The Balaban J connectivity index is 2.22. The zero-order valence-electron chi connectivity index (χ0n) is 10.8. The second-order valence-corrected chi connectivity index (χ2v) is 4.61. The van der Waals surface area contributed by atoms with E-state index in [0.29, 0.717) is 5.95 Å². The highest BCUT2D eigenvalue weighted by Crippen LogP contribution is 2.20. The van der Waals surface area contributed by atoms with Gasteiger partial charge < -0.3 is 14.9 Å². The number of carboxylic acids is 1. The summed E-state index contributed by atoms with van der Waals surface area (Å²) in [4.78, 5) is 23.2. The van der Waals surface area contributed by atoms with Gasteiger partial charge in [0.15, 0.2) is 0 Å². The van der Waals surface area contributed by atoms with Crippen LogP contribution in [0.3, 0.4) is 0 Å². The molecule has 0 atom stereocenters. The van der Waals surface area contributed by atoms with Crippen LogP contribution in [0, 0.1) is 6.92 Å². The SMILES string of the molecule is Cc1cc(N2CCCC2)nc(N(C)CC(=O)O)n1.